The highest BCUT2D eigenvalue weighted by atomic mass is 16.3. The van der Waals surface area contributed by atoms with Crippen molar-refractivity contribution in [2.45, 2.75) is 37.8 Å². The molecule has 2 amide bonds. The van der Waals surface area contributed by atoms with Crippen molar-refractivity contribution >= 4 is 11.8 Å². The second kappa shape index (κ2) is 6.71. The van der Waals surface area contributed by atoms with Crippen LogP contribution in [0.4, 0.5) is 0 Å². The zero-order valence-corrected chi connectivity index (χ0v) is 13.4. The lowest BCUT2D eigenvalue weighted by molar-refractivity contribution is -0.128. The molecule has 1 saturated heterocycles. The van der Waals surface area contributed by atoms with Gasteiger partial charge in [-0.1, -0.05) is 30.3 Å². The van der Waals surface area contributed by atoms with Crippen LogP contribution >= 0.6 is 0 Å². The molecule has 4 atom stereocenters. The minimum absolute atomic E-state index is 0.00231. The number of nitrogens with zero attached hydrogens (tertiary/aromatic N) is 1. The number of amides is 2. The van der Waals surface area contributed by atoms with Crippen molar-refractivity contribution in [3.63, 3.8) is 0 Å². The maximum atomic E-state index is 12.2. The van der Waals surface area contributed by atoms with Gasteiger partial charge in [-0.15, -0.1) is 0 Å². The topological polar surface area (TPSA) is 69.6 Å². The Kier molecular flexibility index (Phi) is 4.66. The van der Waals surface area contributed by atoms with Gasteiger partial charge in [-0.05, 0) is 24.8 Å². The van der Waals surface area contributed by atoms with E-state index in [1.54, 1.807) is 4.90 Å². The molecule has 2 N–H and O–H groups in total. The van der Waals surface area contributed by atoms with Gasteiger partial charge in [0.1, 0.15) is 0 Å². The summed E-state index contributed by atoms with van der Waals surface area (Å²) in [5, 5.41) is 12.8. The van der Waals surface area contributed by atoms with E-state index < -0.39 is 6.10 Å². The average Bonchev–Trinajstić information content (AvgIpc) is 3.10. The smallest absolute Gasteiger partial charge is 0.225 e. The molecule has 2 fully saturated rings. The summed E-state index contributed by atoms with van der Waals surface area (Å²) < 4.78 is 0. The van der Waals surface area contributed by atoms with E-state index in [1.807, 2.05) is 37.4 Å². The number of carbonyl (C=O) groups excluding carboxylic acids is 2. The highest BCUT2D eigenvalue weighted by molar-refractivity contribution is 5.81. The van der Waals surface area contributed by atoms with Crippen LogP contribution in [0.3, 0.4) is 0 Å². The summed E-state index contributed by atoms with van der Waals surface area (Å²) in [5.74, 6) is -0.194. The fourth-order valence-corrected chi connectivity index (χ4v) is 3.89. The van der Waals surface area contributed by atoms with Crippen molar-refractivity contribution in [2.75, 3.05) is 13.6 Å². The van der Waals surface area contributed by atoms with E-state index in [2.05, 4.69) is 5.32 Å². The van der Waals surface area contributed by atoms with Crippen LogP contribution < -0.4 is 5.32 Å². The SMILES string of the molecule is CN1C(=O)CC(CNC(=O)C2CCCC2O)C1c1ccccc1. The zero-order chi connectivity index (χ0) is 16.4. The molecule has 0 aromatic heterocycles. The molecular formula is C18H24N2O3. The van der Waals surface area contributed by atoms with Gasteiger partial charge in [0.15, 0.2) is 0 Å². The van der Waals surface area contributed by atoms with Crippen molar-refractivity contribution in [1.29, 1.82) is 0 Å². The van der Waals surface area contributed by atoms with E-state index in [-0.39, 0.29) is 29.7 Å². The predicted molar refractivity (Wildman–Crippen MR) is 86.4 cm³/mol. The lowest BCUT2D eigenvalue weighted by Gasteiger charge is -2.26. The van der Waals surface area contributed by atoms with Crippen molar-refractivity contribution < 1.29 is 14.7 Å². The van der Waals surface area contributed by atoms with Gasteiger partial charge in [-0.2, -0.15) is 0 Å². The van der Waals surface area contributed by atoms with Crippen LogP contribution in [0.25, 0.3) is 0 Å². The van der Waals surface area contributed by atoms with Gasteiger partial charge >= 0.3 is 0 Å². The quantitative estimate of drug-likeness (QED) is 0.884. The maximum absolute atomic E-state index is 12.2. The van der Waals surface area contributed by atoms with Crippen LogP contribution in [0.5, 0.6) is 0 Å². The number of aliphatic hydroxyl groups excluding tert-OH is 1. The maximum Gasteiger partial charge on any atom is 0.225 e. The van der Waals surface area contributed by atoms with Crippen molar-refractivity contribution in [1.82, 2.24) is 10.2 Å². The lowest BCUT2D eigenvalue weighted by atomic mass is 9.93. The fraction of sp³-hybridized carbons (Fsp3) is 0.556. The van der Waals surface area contributed by atoms with Gasteiger partial charge < -0.3 is 15.3 Å². The van der Waals surface area contributed by atoms with Gasteiger partial charge in [0, 0.05) is 25.9 Å². The van der Waals surface area contributed by atoms with E-state index in [1.165, 1.54) is 0 Å². The number of rotatable bonds is 4. The Morgan fingerprint density at radius 2 is 2.04 bits per heavy atom. The number of carbonyl (C=O) groups is 2. The number of likely N-dealkylation sites (tertiary alicyclic amines) is 1. The Bertz CT molecular complexity index is 575. The molecule has 0 spiro atoms. The van der Waals surface area contributed by atoms with Gasteiger partial charge in [-0.3, -0.25) is 9.59 Å². The predicted octanol–water partition coefficient (Wildman–Crippen LogP) is 1.48. The minimum Gasteiger partial charge on any atom is -0.392 e. The Morgan fingerprint density at radius 1 is 1.30 bits per heavy atom. The molecule has 5 nitrogen and oxygen atoms in total. The molecule has 0 radical (unpaired) electrons. The molecule has 5 heteroatoms. The summed E-state index contributed by atoms with van der Waals surface area (Å²) >= 11 is 0. The highest BCUT2D eigenvalue weighted by Crippen LogP contribution is 2.36. The average molecular weight is 316 g/mol. The molecule has 1 aromatic rings. The van der Waals surface area contributed by atoms with E-state index in [9.17, 15) is 14.7 Å². The molecule has 2 aliphatic rings. The summed E-state index contributed by atoms with van der Waals surface area (Å²) in [6.45, 7) is 0.470. The summed E-state index contributed by atoms with van der Waals surface area (Å²) in [7, 11) is 1.82. The summed E-state index contributed by atoms with van der Waals surface area (Å²) in [5.41, 5.74) is 1.10. The molecule has 1 saturated carbocycles. The number of aliphatic hydroxyl groups is 1. The first kappa shape index (κ1) is 16.0. The lowest BCUT2D eigenvalue weighted by Crippen LogP contribution is -2.38. The molecule has 0 bridgehead atoms. The molecule has 1 aliphatic carbocycles. The van der Waals surface area contributed by atoms with Crippen molar-refractivity contribution in [2.24, 2.45) is 11.8 Å². The Labute approximate surface area is 136 Å². The normalized spacial score (nSPS) is 30.7. The molecule has 3 rings (SSSR count). The zero-order valence-electron chi connectivity index (χ0n) is 13.4. The van der Waals surface area contributed by atoms with E-state index >= 15 is 0 Å². The van der Waals surface area contributed by atoms with Gasteiger partial charge in [0.25, 0.3) is 0 Å². The standard InChI is InChI=1S/C18H24N2O3/c1-20-16(22)10-13(17(20)12-6-3-2-4-7-12)11-19-18(23)14-8-5-9-15(14)21/h2-4,6-7,13-15,17,21H,5,8-11H2,1H3,(H,19,23). The first-order valence-electron chi connectivity index (χ1n) is 8.34. The number of benzene rings is 1. The van der Waals surface area contributed by atoms with Gasteiger partial charge in [0.05, 0.1) is 18.1 Å². The summed E-state index contributed by atoms with van der Waals surface area (Å²) in [6.07, 6.45) is 2.28. The molecule has 1 aromatic carbocycles. The van der Waals surface area contributed by atoms with Crippen LogP contribution in [0.15, 0.2) is 30.3 Å². The first-order valence-corrected chi connectivity index (χ1v) is 8.34. The molecule has 1 heterocycles. The van der Waals surface area contributed by atoms with Crippen LogP contribution in [-0.4, -0.2) is 41.5 Å². The Balaban J connectivity index is 1.66. The Morgan fingerprint density at radius 3 is 2.70 bits per heavy atom. The second-order valence-electron chi connectivity index (χ2n) is 6.67. The third-order valence-electron chi connectivity index (χ3n) is 5.19. The number of hydrogen-bond acceptors (Lipinski definition) is 3. The van der Waals surface area contributed by atoms with Crippen LogP contribution in [0.1, 0.15) is 37.3 Å². The molecule has 124 valence electrons. The molecule has 1 aliphatic heterocycles. The van der Waals surface area contributed by atoms with E-state index in [0.29, 0.717) is 19.4 Å². The summed E-state index contributed by atoms with van der Waals surface area (Å²) in [4.78, 5) is 26.1. The first-order chi connectivity index (χ1) is 11.1. The highest BCUT2D eigenvalue weighted by Gasteiger charge is 2.39. The molecule has 23 heavy (non-hydrogen) atoms. The van der Waals surface area contributed by atoms with Gasteiger partial charge in [-0.25, -0.2) is 0 Å². The van der Waals surface area contributed by atoms with E-state index in [0.717, 1.165) is 18.4 Å². The Hall–Kier alpha value is -1.88. The van der Waals surface area contributed by atoms with Crippen molar-refractivity contribution in [3.05, 3.63) is 35.9 Å². The second-order valence-corrected chi connectivity index (χ2v) is 6.67. The molecule has 4 unspecified atom stereocenters. The van der Waals surface area contributed by atoms with Crippen LogP contribution in [0, 0.1) is 11.8 Å². The van der Waals surface area contributed by atoms with Gasteiger partial charge in [0.2, 0.25) is 11.8 Å². The minimum atomic E-state index is -0.521. The molecular weight excluding hydrogens is 292 g/mol. The van der Waals surface area contributed by atoms with Crippen LogP contribution in [0.2, 0.25) is 0 Å². The van der Waals surface area contributed by atoms with Crippen molar-refractivity contribution in [3.8, 4) is 0 Å². The van der Waals surface area contributed by atoms with Crippen LogP contribution in [-0.2, 0) is 9.59 Å². The third kappa shape index (κ3) is 3.24. The fourth-order valence-electron chi connectivity index (χ4n) is 3.89. The number of hydrogen-bond donors (Lipinski definition) is 2. The largest absolute Gasteiger partial charge is 0.392 e. The third-order valence-corrected chi connectivity index (χ3v) is 5.19. The monoisotopic (exact) mass is 316 g/mol. The summed E-state index contributed by atoms with van der Waals surface area (Å²) in [6, 6.07) is 9.94. The van der Waals surface area contributed by atoms with E-state index in [4.69, 9.17) is 0 Å². The number of nitrogens with one attached hydrogen (secondary N) is 1.